The van der Waals surface area contributed by atoms with Crippen LogP contribution in [0.5, 0.6) is 0 Å². The van der Waals surface area contributed by atoms with Crippen LogP contribution in [0, 0.1) is 0 Å². The lowest BCUT2D eigenvalue weighted by Crippen LogP contribution is -2.44. The van der Waals surface area contributed by atoms with E-state index in [1.807, 2.05) is 45.2 Å². The van der Waals surface area contributed by atoms with E-state index in [-0.39, 0.29) is 23.7 Å². The average Bonchev–Trinajstić information content (AvgIpc) is 2.97. The Morgan fingerprint density at radius 3 is 2.67 bits per heavy atom. The molecule has 2 aromatic carbocycles. The van der Waals surface area contributed by atoms with Gasteiger partial charge < -0.3 is 14.6 Å². The van der Waals surface area contributed by atoms with E-state index in [9.17, 15) is 9.59 Å². The SMILES string of the molecule is CC(C)OCCCNC(=O)C1c2c(n(C)c3ccccc23)SCC(=O)N1c1ccc(Cl)cc1. The van der Waals surface area contributed by atoms with E-state index >= 15 is 0 Å². The molecule has 174 valence electrons. The number of aryl methyl sites for hydroxylation is 1. The average molecular weight is 486 g/mol. The highest BCUT2D eigenvalue weighted by Gasteiger charge is 2.39. The first-order valence-electron chi connectivity index (χ1n) is 11.1. The number of ether oxygens (including phenoxy) is 1. The minimum Gasteiger partial charge on any atom is -0.379 e. The molecule has 6 nitrogen and oxygen atoms in total. The normalized spacial score (nSPS) is 16.2. The molecule has 2 heterocycles. The van der Waals surface area contributed by atoms with Crippen molar-refractivity contribution in [2.45, 2.75) is 37.4 Å². The van der Waals surface area contributed by atoms with Gasteiger partial charge in [-0.05, 0) is 50.6 Å². The Hall–Kier alpha value is -2.48. The van der Waals surface area contributed by atoms with Crippen LogP contribution >= 0.6 is 23.4 Å². The molecule has 1 unspecified atom stereocenters. The van der Waals surface area contributed by atoms with Gasteiger partial charge in [-0.15, -0.1) is 0 Å². The molecule has 33 heavy (non-hydrogen) atoms. The van der Waals surface area contributed by atoms with Crippen LogP contribution in [-0.4, -0.2) is 41.4 Å². The third-order valence-electron chi connectivity index (χ3n) is 5.65. The van der Waals surface area contributed by atoms with E-state index in [2.05, 4.69) is 9.88 Å². The lowest BCUT2D eigenvalue weighted by Gasteiger charge is -2.30. The maximum atomic E-state index is 13.7. The van der Waals surface area contributed by atoms with Crippen molar-refractivity contribution >= 4 is 51.8 Å². The highest BCUT2D eigenvalue weighted by atomic mass is 35.5. The zero-order chi connectivity index (χ0) is 23.5. The van der Waals surface area contributed by atoms with Crippen LogP contribution in [0.2, 0.25) is 5.02 Å². The van der Waals surface area contributed by atoms with Gasteiger partial charge in [0.1, 0.15) is 6.04 Å². The molecule has 2 amide bonds. The number of anilines is 1. The molecule has 1 aliphatic rings. The zero-order valence-electron chi connectivity index (χ0n) is 19.0. The topological polar surface area (TPSA) is 63.6 Å². The number of carbonyl (C=O) groups is 2. The number of para-hydroxylation sites is 1. The number of carbonyl (C=O) groups excluding carboxylic acids is 2. The molecule has 1 aromatic heterocycles. The summed E-state index contributed by atoms with van der Waals surface area (Å²) >= 11 is 7.57. The standard InChI is InChI=1S/C25H28ClN3O3S/c1-16(2)32-14-6-13-27-24(31)23-22-19-7-4-5-8-20(19)28(3)25(22)33-15-21(30)29(23)18-11-9-17(26)10-12-18/h4-5,7-12,16,23H,6,13-15H2,1-3H3,(H,27,31). The van der Waals surface area contributed by atoms with E-state index in [0.717, 1.165) is 21.5 Å². The lowest BCUT2D eigenvalue weighted by atomic mass is 10.0. The van der Waals surface area contributed by atoms with Gasteiger partial charge in [0.15, 0.2) is 0 Å². The second-order valence-electron chi connectivity index (χ2n) is 8.29. The molecule has 0 fully saturated rings. The Morgan fingerprint density at radius 2 is 1.94 bits per heavy atom. The number of benzene rings is 2. The summed E-state index contributed by atoms with van der Waals surface area (Å²) in [7, 11) is 1.98. The largest absolute Gasteiger partial charge is 0.379 e. The van der Waals surface area contributed by atoms with Crippen LogP contribution in [0.1, 0.15) is 31.9 Å². The Morgan fingerprint density at radius 1 is 1.21 bits per heavy atom. The molecular weight excluding hydrogens is 458 g/mol. The number of nitrogens with zero attached hydrogens (tertiary/aromatic N) is 2. The fraction of sp³-hybridized carbons (Fsp3) is 0.360. The summed E-state index contributed by atoms with van der Waals surface area (Å²) in [5.74, 6) is -0.0833. The van der Waals surface area contributed by atoms with E-state index in [4.69, 9.17) is 16.3 Å². The van der Waals surface area contributed by atoms with E-state index in [0.29, 0.717) is 30.3 Å². The molecule has 8 heteroatoms. The predicted octanol–water partition coefficient (Wildman–Crippen LogP) is 4.94. The molecule has 3 aromatic rings. The molecular formula is C25H28ClN3O3S. The smallest absolute Gasteiger partial charge is 0.247 e. The maximum absolute atomic E-state index is 13.7. The summed E-state index contributed by atoms with van der Waals surface area (Å²) in [5, 5.41) is 5.53. The van der Waals surface area contributed by atoms with Crippen LogP contribution in [0.3, 0.4) is 0 Å². The van der Waals surface area contributed by atoms with Crippen molar-refractivity contribution < 1.29 is 14.3 Å². The Kier molecular flexibility index (Phi) is 7.32. The van der Waals surface area contributed by atoms with Gasteiger partial charge in [-0.1, -0.05) is 41.6 Å². The third-order valence-corrected chi connectivity index (χ3v) is 7.06. The summed E-state index contributed by atoms with van der Waals surface area (Å²) in [5.41, 5.74) is 2.53. The molecule has 0 aliphatic carbocycles. The van der Waals surface area contributed by atoms with Crippen molar-refractivity contribution in [1.82, 2.24) is 9.88 Å². The van der Waals surface area contributed by atoms with Crippen LogP contribution in [-0.2, 0) is 21.4 Å². The number of rotatable bonds is 7. The predicted molar refractivity (Wildman–Crippen MR) is 134 cm³/mol. The van der Waals surface area contributed by atoms with Crippen LogP contribution in [0.25, 0.3) is 10.9 Å². The molecule has 0 spiro atoms. The van der Waals surface area contributed by atoms with Crippen LogP contribution in [0.4, 0.5) is 5.69 Å². The minimum absolute atomic E-state index is 0.120. The van der Waals surface area contributed by atoms with Crippen molar-refractivity contribution in [3.63, 3.8) is 0 Å². The van der Waals surface area contributed by atoms with Gasteiger partial charge in [0.2, 0.25) is 11.8 Å². The molecule has 0 saturated heterocycles. The number of nitrogens with one attached hydrogen (secondary N) is 1. The lowest BCUT2D eigenvalue weighted by molar-refractivity contribution is -0.125. The first kappa shape index (κ1) is 23.7. The number of thioether (sulfide) groups is 1. The second kappa shape index (κ2) is 10.2. The fourth-order valence-electron chi connectivity index (χ4n) is 4.15. The molecule has 0 saturated carbocycles. The summed E-state index contributed by atoms with van der Waals surface area (Å²) < 4.78 is 7.66. The first-order valence-corrected chi connectivity index (χ1v) is 12.4. The van der Waals surface area contributed by atoms with Crippen LogP contribution < -0.4 is 10.2 Å². The summed E-state index contributed by atoms with van der Waals surface area (Å²) in [6.07, 6.45) is 0.846. The highest BCUT2D eigenvalue weighted by Crippen LogP contribution is 2.43. The maximum Gasteiger partial charge on any atom is 0.247 e. The third kappa shape index (κ3) is 4.90. The van der Waals surface area contributed by atoms with Crippen molar-refractivity contribution in [1.29, 1.82) is 0 Å². The number of amides is 2. The van der Waals surface area contributed by atoms with Gasteiger partial charge in [0.05, 0.1) is 16.9 Å². The molecule has 0 bridgehead atoms. The van der Waals surface area contributed by atoms with Crippen LogP contribution in [0.15, 0.2) is 53.6 Å². The Labute approximate surface area is 203 Å². The monoisotopic (exact) mass is 485 g/mol. The minimum atomic E-state index is -0.791. The fourth-order valence-corrected chi connectivity index (χ4v) is 5.35. The van der Waals surface area contributed by atoms with Crippen molar-refractivity contribution in [3.8, 4) is 0 Å². The number of hydrogen-bond donors (Lipinski definition) is 1. The number of halogens is 1. The van der Waals surface area contributed by atoms with Crippen molar-refractivity contribution in [2.24, 2.45) is 7.05 Å². The van der Waals surface area contributed by atoms with Gasteiger partial charge in [-0.2, -0.15) is 0 Å². The van der Waals surface area contributed by atoms with Gasteiger partial charge >= 0.3 is 0 Å². The molecule has 1 N–H and O–H groups in total. The van der Waals surface area contributed by atoms with Gasteiger partial charge in [-0.3, -0.25) is 14.5 Å². The first-order chi connectivity index (χ1) is 15.9. The summed E-state index contributed by atoms with van der Waals surface area (Å²) in [6, 6.07) is 14.3. The quantitative estimate of drug-likeness (QED) is 0.481. The van der Waals surface area contributed by atoms with Crippen molar-refractivity contribution in [2.75, 3.05) is 23.8 Å². The van der Waals surface area contributed by atoms with Crippen molar-refractivity contribution in [3.05, 3.63) is 59.1 Å². The van der Waals surface area contributed by atoms with E-state index in [1.54, 1.807) is 29.2 Å². The van der Waals surface area contributed by atoms with Gasteiger partial charge in [-0.25, -0.2) is 0 Å². The molecule has 0 radical (unpaired) electrons. The number of hydrogen-bond acceptors (Lipinski definition) is 4. The molecule has 1 aliphatic heterocycles. The Balaban J connectivity index is 1.76. The molecule has 1 atom stereocenters. The van der Waals surface area contributed by atoms with Gasteiger partial charge in [0.25, 0.3) is 0 Å². The van der Waals surface area contributed by atoms with Gasteiger partial charge in [0, 0.05) is 47.4 Å². The van der Waals surface area contributed by atoms with E-state index in [1.165, 1.54) is 11.8 Å². The summed E-state index contributed by atoms with van der Waals surface area (Å²) in [6.45, 7) is 5.01. The molecule has 4 rings (SSSR count). The Bertz CT molecular complexity index is 1160. The number of aromatic nitrogens is 1. The number of fused-ring (bicyclic) bond motifs is 3. The summed E-state index contributed by atoms with van der Waals surface area (Å²) in [4.78, 5) is 28.6. The van der Waals surface area contributed by atoms with E-state index < -0.39 is 6.04 Å². The zero-order valence-corrected chi connectivity index (χ0v) is 20.6. The second-order valence-corrected chi connectivity index (χ2v) is 9.69. The highest BCUT2D eigenvalue weighted by molar-refractivity contribution is 8.00.